The van der Waals surface area contributed by atoms with Gasteiger partial charge in [0.15, 0.2) is 5.69 Å². The Kier molecular flexibility index (Phi) is 6.95. The fourth-order valence-electron chi connectivity index (χ4n) is 3.39. The largest absolute Gasteiger partial charge is 0.447 e. The van der Waals surface area contributed by atoms with Crippen molar-refractivity contribution in [3.63, 3.8) is 0 Å². The van der Waals surface area contributed by atoms with Crippen LogP contribution in [0.1, 0.15) is 35.3 Å². The number of nitro groups is 1. The van der Waals surface area contributed by atoms with Crippen molar-refractivity contribution >= 4 is 11.6 Å². The number of aromatic nitrogens is 1. The van der Waals surface area contributed by atoms with Crippen molar-refractivity contribution in [3.8, 4) is 0 Å². The first-order valence-corrected chi connectivity index (χ1v) is 9.84. The average molecular weight is 401 g/mol. The first kappa shape index (κ1) is 20.9. The Hall–Kier alpha value is -2.78. The van der Waals surface area contributed by atoms with Gasteiger partial charge in [0.25, 0.3) is 11.6 Å². The fraction of sp³-hybridized carbons (Fsp3) is 0.500. The molecule has 3 rings (SSSR count). The Labute approximate surface area is 170 Å². The van der Waals surface area contributed by atoms with Crippen molar-refractivity contribution in [3.05, 3.63) is 57.8 Å². The number of carbonyl (C=O) groups is 1. The molecule has 9 nitrogen and oxygen atoms in total. The molecule has 0 aliphatic carbocycles. The van der Waals surface area contributed by atoms with Gasteiger partial charge in [-0.15, -0.1) is 0 Å². The Morgan fingerprint density at radius 1 is 1.17 bits per heavy atom. The van der Waals surface area contributed by atoms with Crippen LogP contribution in [0.15, 0.2) is 34.9 Å². The summed E-state index contributed by atoms with van der Waals surface area (Å²) < 4.78 is 5.50. The smallest absolute Gasteiger partial charge is 0.275 e. The number of amides is 1. The lowest BCUT2D eigenvalue weighted by Crippen LogP contribution is -2.45. The Balaban J connectivity index is 1.46. The molecule has 1 aliphatic heterocycles. The maximum absolute atomic E-state index is 12.3. The molecule has 2 heterocycles. The third-order valence-corrected chi connectivity index (χ3v) is 5.05. The zero-order chi connectivity index (χ0) is 20.8. The molecule has 1 saturated heterocycles. The predicted octanol–water partition coefficient (Wildman–Crippen LogP) is 2.38. The van der Waals surface area contributed by atoms with Crippen LogP contribution in [-0.2, 0) is 13.1 Å². The molecule has 1 aromatic heterocycles. The van der Waals surface area contributed by atoms with Crippen LogP contribution in [0, 0.1) is 10.1 Å². The molecule has 9 heteroatoms. The van der Waals surface area contributed by atoms with E-state index in [9.17, 15) is 14.9 Å². The zero-order valence-electron chi connectivity index (χ0n) is 16.9. The van der Waals surface area contributed by atoms with Gasteiger partial charge in [0.2, 0.25) is 5.89 Å². The number of nitro benzene ring substituents is 1. The first-order valence-electron chi connectivity index (χ1n) is 9.84. The number of hydrogen-bond donors (Lipinski definition) is 0. The Morgan fingerprint density at radius 2 is 1.79 bits per heavy atom. The van der Waals surface area contributed by atoms with Crippen LogP contribution >= 0.6 is 0 Å². The molecule has 0 spiro atoms. The fourth-order valence-corrected chi connectivity index (χ4v) is 3.39. The van der Waals surface area contributed by atoms with E-state index in [0.29, 0.717) is 24.7 Å². The molecule has 0 saturated carbocycles. The van der Waals surface area contributed by atoms with E-state index in [1.807, 2.05) is 19.1 Å². The van der Waals surface area contributed by atoms with Crippen molar-refractivity contribution in [2.24, 2.45) is 0 Å². The molecule has 156 valence electrons. The minimum atomic E-state index is -0.383. The van der Waals surface area contributed by atoms with Gasteiger partial charge in [-0.3, -0.25) is 24.7 Å². The van der Waals surface area contributed by atoms with Crippen molar-refractivity contribution in [2.75, 3.05) is 39.8 Å². The molecular formula is C20H27N5O4. The van der Waals surface area contributed by atoms with E-state index in [0.717, 1.165) is 44.7 Å². The molecule has 2 aromatic rings. The van der Waals surface area contributed by atoms with Crippen LogP contribution in [-0.4, -0.2) is 70.3 Å². The van der Waals surface area contributed by atoms with Crippen LogP contribution < -0.4 is 0 Å². The third kappa shape index (κ3) is 5.61. The number of piperazine rings is 1. The summed E-state index contributed by atoms with van der Waals surface area (Å²) >= 11 is 0. The van der Waals surface area contributed by atoms with E-state index in [1.165, 1.54) is 6.26 Å². The predicted molar refractivity (Wildman–Crippen MR) is 107 cm³/mol. The lowest BCUT2D eigenvalue weighted by molar-refractivity contribution is -0.384. The van der Waals surface area contributed by atoms with Crippen LogP contribution in [0.25, 0.3) is 0 Å². The number of non-ortho nitro benzene ring substituents is 1. The van der Waals surface area contributed by atoms with Crippen molar-refractivity contribution in [1.29, 1.82) is 0 Å². The molecule has 29 heavy (non-hydrogen) atoms. The SMILES string of the molecule is CCCN(C)C(=O)c1coc(CN2CCN(Cc3ccc([N+](=O)[O-])cc3)CC2)n1. The topological polar surface area (TPSA) is 96.0 Å². The van der Waals surface area contributed by atoms with Gasteiger partial charge in [-0.05, 0) is 12.0 Å². The highest BCUT2D eigenvalue weighted by Gasteiger charge is 2.21. The van der Waals surface area contributed by atoms with Crippen LogP contribution in [0.2, 0.25) is 0 Å². The summed E-state index contributed by atoms with van der Waals surface area (Å²) in [5, 5.41) is 10.7. The molecule has 1 aromatic carbocycles. The van der Waals surface area contributed by atoms with Crippen LogP contribution in [0.5, 0.6) is 0 Å². The number of hydrogen-bond acceptors (Lipinski definition) is 7. The normalized spacial score (nSPS) is 15.4. The van der Waals surface area contributed by atoms with E-state index >= 15 is 0 Å². The third-order valence-electron chi connectivity index (χ3n) is 5.05. The minimum absolute atomic E-state index is 0.114. The Morgan fingerprint density at radius 3 is 2.38 bits per heavy atom. The molecule has 0 bridgehead atoms. The number of oxazole rings is 1. The van der Waals surface area contributed by atoms with Crippen LogP contribution in [0.4, 0.5) is 5.69 Å². The lowest BCUT2D eigenvalue weighted by atomic mass is 10.2. The van der Waals surface area contributed by atoms with Crippen molar-refractivity contribution in [1.82, 2.24) is 19.7 Å². The number of benzene rings is 1. The summed E-state index contributed by atoms with van der Waals surface area (Å²) in [4.78, 5) is 33.2. The number of carbonyl (C=O) groups excluding carboxylic acids is 1. The summed E-state index contributed by atoms with van der Waals surface area (Å²) in [5.41, 5.74) is 1.53. The molecule has 0 radical (unpaired) electrons. The number of rotatable bonds is 8. The van der Waals surface area contributed by atoms with Crippen molar-refractivity contribution < 1.29 is 14.1 Å². The number of nitrogens with zero attached hydrogens (tertiary/aromatic N) is 5. The monoisotopic (exact) mass is 401 g/mol. The zero-order valence-corrected chi connectivity index (χ0v) is 16.9. The Bertz CT molecular complexity index is 828. The molecule has 1 aliphatic rings. The van der Waals surface area contributed by atoms with Crippen LogP contribution in [0.3, 0.4) is 0 Å². The van der Waals surface area contributed by atoms with E-state index in [-0.39, 0.29) is 16.5 Å². The standard InChI is InChI=1S/C20H27N5O4/c1-3-8-22(2)20(26)18-15-29-19(21-18)14-24-11-9-23(10-12-24)13-16-4-6-17(7-5-16)25(27)28/h4-7,15H,3,8-14H2,1-2H3. The summed E-state index contributed by atoms with van der Waals surface area (Å²) in [7, 11) is 1.77. The lowest BCUT2D eigenvalue weighted by Gasteiger charge is -2.34. The highest BCUT2D eigenvalue weighted by molar-refractivity contribution is 5.91. The van der Waals surface area contributed by atoms with Gasteiger partial charge in [-0.1, -0.05) is 19.1 Å². The highest BCUT2D eigenvalue weighted by atomic mass is 16.6. The second-order valence-electron chi connectivity index (χ2n) is 7.33. The molecule has 1 fully saturated rings. The van der Waals surface area contributed by atoms with E-state index in [2.05, 4.69) is 14.8 Å². The van der Waals surface area contributed by atoms with Gasteiger partial charge < -0.3 is 9.32 Å². The summed E-state index contributed by atoms with van der Waals surface area (Å²) in [6, 6.07) is 6.71. The maximum atomic E-state index is 12.3. The molecule has 0 N–H and O–H groups in total. The highest BCUT2D eigenvalue weighted by Crippen LogP contribution is 2.15. The van der Waals surface area contributed by atoms with Gasteiger partial charge in [0.05, 0.1) is 11.5 Å². The van der Waals surface area contributed by atoms with Gasteiger partial charge >= 0.3 is 0 Å². The van der Waals surface area contributed by atoms with E-state index in [4.69, 9.17) is 4.42 Å². The van der Waals surface area contributed by atoms with Gasteiger partial charge in [-0.25, -0.2) is 4.98 Å². The van der Waals surface area contributed by atoms with Gasteiger partial charge in [-0.2, -0.15) is 0 Å². The molecular weight excluding hydrogens is 374 g/mol. The first-order chi connectivity index (χ1) is 14.0. The summed E-state index contributed by atoms with van der Waals surface area (Å²) in [6.07, 6.45) is 2.34. The second kappa shape index (κ2) is 9.62. The second-order valence-corrected chi connectivity index (χ2v) is 7.33. The minimum Gasteiger partial charge on any atom is -0.447 e. The van der Waals surface area contributed by atoms with E-state index in [1.54, 1.807) is 24.1 Å². The van der Waals surface area contributed by atoms with Gasteiger partial charge in [0, 0.05) is 58.4 Å². The quantitative estimate of drug-likeness (QED) is 0.495. The molecule has 1 amide bonds. The molecule has 0 atom stereocenters. The van der Waals surface area contributed by atoms with E-state index < -0.39 is 0 Å². The molecule has 0 unspecified atom stereocenters. The summed E-state index contributed by atoms with van der Waals surface area (Å²) in [6.45, 7) is 7.59. The van der Waals surface area contributed by atoms with Crippen molar-refractivity contribution in [2.45, 2.75) is 26.4 Å². The maximum Gasteiger partial charge on any atom is 0.275 e. The summed E-state index contributed by atoms with van der Waals surface area (Å²) in [5.74, 6) is 0.442. The van der Waals surface area contributed by atoms with Gasteiger partial charge in [0.1, 0.15) is 6.26 Å². The average Bonchev–Trinajstić information content (AvgIpc) is 3.18.